The highest BCUT2D eigenvalue weighted by Crippen LogP contribution is 2.53. The van der Waals surface area contributed by atoms with Crippen molar-refractivity contribution in [1.82, 2.24) is 25.3 Å². The van der Waals surface area contributed by atoms with Crippen LogP contribution >= 0.6 is 0 Å². The Hall–Kier alpha value is -3.86. The van der Waals surface area contributed by atoms with Crippen LogP contribution in [-0.2, 0) is 23.0 Å². The summed E-state index contributed by atoms with van der Waals surface area (Å²) in [5, 5.41) is 18.2. The lowest BCUT2D eigenvalue weighted by molar-refractivity contribution is -0.133. The summed E-state index contributed by atoms with van der Waals surface area (Å²) in [6, 6.07) is 8.11. The Morgan fingerprint density at radius 2 is 1.96 bits per heavy atom. The fraction of sp³-hybridized carbons (Fsp3) is 0.611. The van der Waals surface area contributed by atoms with Gasteiger partial charge in [0.05, 0.1) is 23.1 Å². The molecule has 3 aromatic rings. The maximum atomic E-state index is 14.1. The number of benzene rings is 1. The third-order valence-corrected chi connectivity index (χ3v) is 11.8. The molecule has 2 saturated heterocycles. The number of hydrogen-bond acceptors (Lipinski definition) is 11. The maximum Gasteiger partial charge on any atom is 0.251 e. The van der Waals surface area contributed by atoms with E-state index in [4.69, 9.17) is 29.7 Å². The van der Waals surface area contributed by atoms with Crippen molar-refractivity contribution < 1.29 is 22.8 Å². The summed E-state index contributed by atoms with van der Waals surface area (Å²) in [5.41, 5.74) is 9.77. The Labute approximate surface area is 285 Å². The summed E-state index contributed by atoms with van der Waals surface area (Å²) in [6.45, 7) is 4.50. The number of likely N-dealkylation sites (tertiary alicyclic amines) is 1. The zero-order valence-corrected chi connectivity index (χ0v) is 28.4. The van der Waals surface area contributed by atoms with Crippen molar-refractivity contribution in [2.24, 2.45) is 0 Å². The lowest BCUT2D eigenvalue weighted by Gasteiger charge is -2.53. The first-order valence-electron chi connectivity index (χ1n) is 17.5. The lowest BCUT2D eigenvalue weighted by atomic mass is 9.61. The van der Waals surface area contributed by atoms with E-state index in [1.807, 2.05) is 25.1 Å². The van der Waals surface area contributed by atoms with Gasteiger partial charge in [0.1, 0.15) is 18.0 Å². The van der Waals surface area contributed by atoms with Gasteiger partial charge in [0, 0.05) is 69.0 Å². The lowest BCUT2D eigenvalue weighted by Crippen LogP contribution is -2.70. The molecule has 49 heavy (non-hydrogen) atoms. The number of halogens is 2. The molecular formula is C36H44F2N8O3. The number of nitrogens with one attached hydrogen (secondary N) is 1. The summed E-state index contributed by atoms with van der Waals surface area (Å²) < 4.78 is 46.9. The van der Waals surface area contributed by atoms with Crippen molar-refractivity contribution in [3.05, 3.63) is 46.2 Å². The molecule has 2 spiro atoms. The van der Waals surface area contributed by atoms with Gasteiger partial charge in [-0.25, -0.2) is 13.8 Å². The predicted molar refractivity (Wildman–Crippen MR) is 179 cm³/mol. The normalized spacial score (nSPS) is 27.7. The third-order valence-electron chi connectivity index (χ3n) is 11.8. The second-order valence-corrected chi connectivity index (χ2v) is 14.9. The smallest absolute Gasteiger partial charge is 0.251 e. The highest BCUT2D eigenvalue weighted by Gasteiger charge is 2.58. The molecule has 3 N–H and O–H groups in total. The monoisotopic (exact) mass is 674 g/mol. The maximum absolute atomic E-state index is 14.1. The fourth-order valence-electron chi connectivity index (χ4n) is 9.67. The molecule has 8 rings (SSSR count). The second-order valence-electron chi connectivity index (χ2n) is 14.9. The van der Waals surface area contributed by atoms with Crippen LogP contribution in [0.3, 0.4) is 0 Å². The van der Waals surface area contributed by atoms with Gasteiger partial charge < -0.3 is 29.9 Å². The van der Waals surface area contributed by atoms with Gasteiger partial charge in [-0.05, 0) is 76.1 Å². The van der Waals surface area contributed by atoms with Gasteiger partial charge in [-0.1, -0.05) is 11.2 Å². The van der Waals surface area contributed by atoms with Crippen molar-refractivity contribution in [3.8, 4) is 23.5 Å². The van der Waals surface area contributed by atoms with E-state index in [0.29, 0.717) is 54.1 Å². The minimum absolute atomic E-state index is 0.0264. The first-order chi connectivity index (χ1) is 23.6. The SMILES string of the molecule is COC1CCN(C)C1C(C)Oc1cc(N2CCNC3(C2)CC(F)(F)C3)nc(-c2noc3c2CCCC32CCCc3ccc(N)c(C#N)c32)n1. The summed E-state index contributed by atoms with van der Waals surface area (Å²) >= 11 is 0. The van der Waals surface area contributed by atoms with Crippen LogP contribution in [0.1, 0.15) is 79.9 Å². The molecule has 5 aliphatic rings. The molecule has 0 bridgehead atoms. The van der Waals surface area contributed by atoms with Crippen LogP contribution in [0.4, 0.5) is 20.3 Å². The predicted octanol–water partition coefficient (Wildman–Crippen LogP) is 4.61. The molecule has 2 aromatic heterocycles. The first-order valence-corrected chi connectivity index (χ1v) is 17.5. The average Bonchev–Trinajstić information content (AvgIpc) is 3.68. The molecule has 1 saturated carbocycles. The van der Waals surface area contributed by atoms with Gasteiger partial charge in [-0.2, -0.15) is 10.2 Å². The molecule has 3 fully saturated rings. The number of likely N-dealkylation sites (N-methyl/N-ethyl adjacent to an activating group) is 1. The quantitative estimate of drug-likeness (QED) is 0.355. The molecule has 4 atom stereocenters. The van der Waals surface area contributed by atoms with Crippen LogP contribution in [0.25, 0.3) is 11.5 Å². The molecule has 3 aliphatic carbocycles. The number of piperazine rings is 1. The molecule has 11 nitrogen and oxygen atoms in total. The first kappa shape index (κ1) is 32.4. The molecule has 2 aliphatic heterocycles. The molecule has 13 heteroatoms. The molecule has 4 unspecified atom stereocenters. The van der Waals surface area contributed by atoms with E-state index in [0.717, 1.165) is 73.9 Å². The highest BCUT2D eigenvalue weighted by atomic mass is 19.3. The molecule has 4 heterocycles. The Morgan fingerprint density at radius 1 is 1.16 bits per heavy atom. The van der Waals surface area contributed by atoms with Crippen molar-refractivity contribution in [3.63, 3.8) is 0 Å². The van der Waals surface area contributed by atoms with E-state index in [2.05, 4.69) is 33.4 Å². The number of nitriles is 1. The summed E-state index contributed by atoms with van der Waals surface area (Å²) in [4.78, 5) is 14.3. The van der Waals surface area contributed by atoms with Gasteiger partial charge in [0.15, 0.2) is 17.3 Å². The fourth-order valence-corrected chi connectivity index (χ4v) is 9.67. The zero-order chi connectivity index (χ0) is 34.1. The number of anilines is 2. The molecular weight excluding hydrogens is 630 g/mol. The van der Waals surface area contributed by atoms with Crippen LogP contribution < -0.4 is 20.7 Å². The Kier molecular flexibility index (Phi) is 7.85. The highest BCUT2D eigenvalue weighted by molar-refractivity contribution is 5.67. The minimum atomic E-state index is -2.66. The number of nitrogens with two attached hydrogens (primary N) is 1. The summed E-state index contributed by atoms with van der Waals surface area (Å²) in [5.74, 6) is -0.531. The number of methoxy groups -OCH3 is 1. The van der Waals surface area contributed by atoms with E-state index in [1.165, 1.54) is 0 Å². The zero-order valence-electron chi connectivity index (χ0n) is 28.4. The van der Waals surface area contributed by atoms with Gasteiger partial charge in [-0.3, -0.25) is 4.90 Å². The van der Waals surface area contributed by atoms with Crippen LogP contribution in [0.2, 0.25) is 0 Å². The number of aryl methyl sites for hydroxylation is 1. The summed E-state index contributed by atoms with van der Waals surface area (Å²) in [7, 11) is 3.80. The largest absolute Gasteiger partial charge is 0.473 e. The molecule has 0 amide bonds. The van der Waals surface area contributed by atoms with E-state index >= 15 is 0 Å². The van der Waals surface area contributed by atoms with E-state index in [1.54, 1.807) is 7.11 Å². The Balaban J connectivity index is 1.20. The van der Waals surface area contributed by atoms with Gasteiger partial charge in [0.2, 0.25) is 5.88 Å². The van der Waals surface area contributed by atoms with Crippen molar-refractivity contribution >= 4 is 11.5 Å². The standard InChI is InChI=1S/C36H44F2N8O3/c1-21(31-26(47-3)10-14-45(31)2)48-28-16-27(46-15-13-41-34(20-46)18-36(37,38)19-34)42-33(43-28)30-23-7-5-12-35(32(23)49-44-30)11-4-6-22-8-9-25(40)24(17-39)29(22)35/h8-9,16,21,26,31,41H,4-7,10-15,18-20,40H2,1-3H3. The molecule has 260 valence electrons. The molecule has 0 radical (unpaired) electrons. The number of nitrogen functional groups attached to an aromatic ring is 1. The Bertz CT molecular complexity index is 1800. The number of rotatable bonds is 6. The summed E-state index contributed by atoms with van der Waals surface area (Å²) in [6.07, 6.45) is 5.39. The number of aromatic nitrogens is 3. The van der Waals surface area contributed by atoms with E-state index in [9.17, 15) is 14.0 Å². The van der Waals surface area contributed by atoms with Crippen LogP contribution in [0.15, 0.2) is 22.7 Å². The van der Waals surface area contributed by atoms with Gasteiger partial charge in [0.25, 0.3) is 5.92 Å². The molecule has 1 aromatic carbocycles. The van der Waals surface area contributed by atoms with E-state index in [-0.39, 0.29) is 31.1 Å². The number of fused-ring (bicyclic) bond motifs is 4. The van der Waals surface area contributed by atoms with Crippen LogP contribution in [0.5, 0.6) is 5.88 Å². The Morgan fingerprint density at radius 3 is 2.71 bits per heavy atom. The number of nitrogens with zero attached hydrogens (tertiary/aromatic N) is 6. The third kappa shape index (κ3) is 5.34. The van der Waals surface area contributed by atoms with E-state index < -0.39 is 16.9 Å². The van der Waals surface area contributed by atoms with Gasteiger partial charge >= 0.3 is 0 Å². The topological polar surface area (TPSA) is 139 Å². The van der Waals surface area contributed by atoms with Crippen molar-refractivity contribution in [1.29, 1.82) is 5.26 Å². The van der Waals surface area contributed by atoms with Crippen LogP contribution in [0, 0.1) is 11.3 Å². The number of alkyl halides is 2. The van der Waals surface area contributed by atoms with Crippen LogP contribution in [-0.4, -0.2) is 90.1 Å². The number of ether oxygens (including phenoxy) is 2. The van der Waals surface area contributed by atoms with Crippen molar-refractivity contribution in [2.75, 3.05) is 51.0 Å². The van der Waals surface area contributed by atoms with Gasteiger partial charge in [-0.15, -0.1) is 0 Å². The van der Waals surface area contributed by atoms with Crippen molar-refractivity contribution in [2.45, 2.75) is 99.8 Å². The average molecular weight is 675 g/mol. The minimum Gasteiger partial charge on any atom is -0.473 e. The number of hydrogen-bond donors (Lipinski definition) is 2. The second kappa shape index (κ2) is 11.9.